The number of hydrogen-bond donors (Lipinski definition) is 1. The lowest BCUT2D eigenvalue weighted by atomic mass is 10.1. The van der Waals surface area contributed by atoms with Crippen LogP contribution in [0.5, 0.6) is 11.8 Å². The van der Waals surface area contributed by atoms with Gasteiger partial charge in [-0.1, -0.05) is 25.1 Å². The van der Waals surface area contributed by atoms with E-state index in [0.29, 0.717) is 42.2 Å². The van der Waals surface area contributed by atoms with Crippen LogP contribution in [0.3, 0.4) is 0 Å². The van der Waals surface area contributed by atoms with Crippen LogP contribution < -0.4 is 10.3 Å². The molecule has 146 valence electrons. The van der Waals surface area contributed by atoms with E-state index in [4.69, 9.17) is 9.47 Å². The number of imidazole rings is 1. The van der Waals surface area contributed by atoms with Gasteiger partial charge in [-0.3, -0.25) is 14.2 Å². The van der Waals surface area contributed by atoms with E-state index in [-0.39, 0.29) is 23.6 Å². The number of rotatable bonds is 7. The Balaban J connectivity index is 1.71. The number of hydrogen-bond acceptors (Lipinski definition) is 6. The number of carbonyl (C=O) groups excluding carboxylic acids is 1. The van der Waals surface area contributed by atoms with Crippen LogP contribution in [0.2, 0.25) is 0 Å². The van der Waals surface area contributed by atoms with Gasteiger partial charge in [0.1, 0.15) is 17.7 Å². The molecular weight excluding hydrogens is 360 g/mol. The highest BCUT2D eigenvalue weighted by atomic mass is 16.5. The van der Waals surface area contributed by atoms with Gasteiger partial charge in [0.25, 0.3) is 12.0 Å². The summed E-state index contributed by atoms with van der Waals surface area (Å²) in [5.74, 6) is 1.42. The highest BCUT2D eigenvalue weighted by Crippen LogP contribution is 2.35. The van der Waals surface area contributed by atoms with Crippen LogP contribution in [-0.4, -0.2) is 32.1 Å². The third-order valence-electron chi connectivity index (χ3n) is 5.01. The second-order valence-electron chi connectivity index (χ2n) is 6.95. The molecular formula is C20H22N4O4. The molecule has 0 amide bonds. The SMILES string of the molecule is CCCn1c(Oc2ccccc2)nc2nc(C3CCC(OC=O)C3)[nH]c2c1=O. The molecule has 2 aromatic heterocycles. The summed E-state index contributed by atoms with van der Waals surface area (Å²) < 4.78 is 12.5. The fourth-order valence-corrected chi connectivity index (χ4v) is 3.66. The monoisotopic (exact) mass is 382 g/mol. The lowest BCUT2D eigenvalue weighted by Crippen LogP contribution is -2.23. The zero-order valence-electron chi connectivity index (χ0n) is 15.6. The highest BCUT2D eigenvalue weighted by molar-refractivity contribution is 5.70. The van der Waals surface area contributed by atoms with Crippen molar-refractivity contribution in [3.63, 3.8) is 0 Å². The Morgan fingerprint density at radius 2 is 2.07 bits per heavy atom. The molecule has 8 heteroatoms. The van der Waals surface area contributed by atoms with Gasteiger partial charge < -0.3 is 14.5 Å². The third kappa shape index (κ3) is 3.49. The van der Waals surface area contributed by atoms with Crippen LogP contribution in [0.4, 0.5) is 0 Å². The fraction of sp³-hybridized carbons (Fsp3) is 0.400. The summed E-state index contributed by atoms with van der Waals surface area (Å²) >= 11 is 0. The first-order valence-corrected chi connectivity index (χ1v) is 9.52. The molecule has 1 saturated carbocycles. The summed E-state index contributed by atoms with van der Waals surface area (Å²) in [6.45, 7) is 2.98. The average molecular weight is 382 g/mol. The summed E-state index contributed by atoms with van der Waals surface area (Å²) in [7, 11) is 0. The second kappa shape index (κ2) is 7.84. The van der Waals surface area contributed by atoms with Crippen molar-refractivity contribution in [3.05, 3.63) is 46.5 Å². The number of carbonyl (C=O) groups is 1. The molecule has 4 rings (SSSR count). The molecule has 1 aliphatic carbocycles. The number of fused-ring (bicyclic) bond motifs is 1. The Hall–Kier alpha value is -3.16. The van der Waals surface area contributed by atoms with Gasteiger partial charge in [0.15, 0.2) is 11.2 Å². The van der Waals surface area contributed by atoms with Gasteiger partial charge in [-0.2, -0.15) is 4.98 Å². The second-order valence-corrected chi connectivity index (χ2v) is 6.95. The first-order chi connectivity index (χ1) is 13.7. The van der Waals surface area contributed by atoms with Gasteiger partial charge >= 0.3 is 6.01 Å². The molecule has 28 heavy (non-hydrogen) atoms. The molecule has 1 aromatic carbocycles. The summed E-state index contributed by atoms with van der Waals surface area (Å²) in [6, 6.07) is 9.48. The summed E-state index contributed by atoms with van der Waals surface area (Å²) in [4.78, 5) is 35.8. The Kier molecular flexibility index (Phi) is 5.10. The van der Waals surface area contributed by atoms with E-state index in [0.717, 1.165) is 19.3 Å². The van der Waals surface area contributed by atoms with E-state index in [9.17, 15) is 9.59 Å². The van der Waals surface area contributed by atoms with Crippen LogP contribution in [-0.2, 0) is 16.1 Å². The molecule has 0 bridgehead atoms. The number of benzene rings is 1. The molecule has 0 saturated heterocycles. The van der Waals surface area contributed by atoms with Crippen molar-refractivity contribution in [3.8, 4) is 11.8 Å². The molecule has 8 nitrogen and oxygen atoms in total. The van der Waals surface area contributed by atoms with Crippen molar-refractivity contribution in [1.82, 2.24) is 19.5 Å². The Bertz CT molecular complexity index is 1030. The molecule has 0 aliphatic heterocycles. The standard InChI is InChI=1S/C20H22N4O4/c1-2-10-24-19(26)16-18(23-20(24)28-14-6-4-3-5-7-14)22-17(21-16)13-8-9-15(11-13)27-12-25/h3-7,12-13,15H,2,8-11H2,1H3,(H,21,22). The fourth-order valence-electron chi connectivity index (χ4n) is 3.66. The van der Waals surface area contributed by atoms with Crippen molar-refractivity contribution >= 4 is 17.6 Å². The summed E-state index contributed by atoms with van der Waals surface area (Å²) in [5, 5.41) is 0. The van der Waals surface area contributed by atoms with Gasteiger partial charge in [-0.25, -0.2) is 4.98 Å². The number of aromatic amines is 1. The van der Waals surface area contributed by atoms with Gasteiger partial charge in [0, 0.05) is 12.5 Å². The Morgan fingerprint density at radius 3 is 2.82 bits per heavy atom. The highest BCUT2D eigenvalue weighted by Gasteiger charge is 2.30. The maximum absolute atomic E-state index is 13.0. The van der Waals surface area contributed by atoms with Crippen molar-refractivity contribution in [2.45, 2.75) is 51.2 Å². The Morgan fingerprint density at radius 1 is 1.25 bits per heavy atom. The van der Waals surface area contributed by atoms with Gasteiger partial charge in [-0.05, 0) is 37.8 Å². The molecule has 0 spiro atoms. The number of aromatic nitrogens is 4. The van der Waals surface area contributed by atoms with Crippen LogP contribution in [0, 0.1) is 0 Å². The van der Waals surface area contributed by atoms with E-state index >= 15 is 0 Å². The molecule has 2 unspecified atom stereocenters. The van der Waals surface area contributed by atoms with Crippen molar-refractivity contribution in [2.75, 3.05) is 0 Å². The first kappa shape index (κ1) is 18.2. The van der Waals surface area contributed by atoms with Crippen molar-refractivity contribution in [1.29, 1.82) is 0 Å². The average Bonchev–Trinajstić information content (AvgIpc) is 3.33. The predicted molar refractivity (Wildman–Crippen MR) is 102 cm³/mol. The van der Waals surface area contributed by atoms with Gasteiger partial charge in [0.05, 0.1) is 0 Å². The molecule has 1 aliphatic rings. The largest absolute Gasteiger partial charge is 0.465 e. The van der Waals surface area contributed by atoms with Crippen LogP contribution in [0.15, 0.2) is 35.1 Å². The minimum absolute atomic E-state index is 0.0996. The lowest BCUT2D eigenvalue weighted by Gasteiger charge is -2.11. The topological polar surface area (TPSA) is 99.1 Å². The zero-order chi connectivity index (χ0) is 19.5. The normalized spacial score (nSPS) is 19.0. The Labute approximate surface area is 161 Å². The molecule has 2 heterocycles. The number of nitrogens with zero attached hydrogens (tertiary/aromatic N) is 3. The summed E-state index contributed by atoms with van der Waals surface area (Å²) in [6.07, 6.45) is 2.99. The van der Waals surface area contributed by atoms with E-state index in [2.05, 4.69) is 15.0 Å². The molecule has 2 atom stereocenters. The van der Waals surface area contributed by atoms with Gasteiger partial charge in [-0.15, -0.1) is 0 Å². The van der Waals surface area contributed by atoms with E-state index < -0.39 is 0 Å². The van der Waals surface area contributed by atoms with E-state index in [1.165, 1.54) is 4.57 Å². The van der Waals surface area contributed by atoms with Crippen LogP contribution >= 0.6 is 0 Å². The number of para-hydroxylation sites is 1. The summed E-state index contributed by atoms with van der Waals surface area (Å²) in [5.41, 5.74) is 0.525. The molecule has 0 radical (unpaired) electrons. The quantitative estimate of drug-likeness (QED) is 0.630. The van der Waals surface area contributed by atoms with Gasteiger partial charge in [0.2, 0.25) is 0 Å². The minimum atomic E-state index is -0.199. The number of ether oxygens (including phenoxy) is 2. The maximum atomic E-state index is 13.0. The van der Waals surface area contributed by atoms with Crippen LogP contribution in [0.1, 0.15) is 44.3 Å². The number of nitrogens with one attached hydrogen (secondary N) is 1. The van der Waals surface area contributed by atoms with Crippen LogP contribution in [0.25, 0.3) is 11.2 Å². The third-order valence-corrected chi connectivity index (χ3v) is 5.01. The predicted octanol–water partition coefficient (Wildman–Crippen LogP) is 3.13. The van der Waals surface area contributed by atoms with E-state index in [1.54, 1.807) is 0 Å². The maximum Gasteiger partial charge on any atom is 0.306 e. The first-order valence-electron chi connectivity index (χ1n) is 9.52. The lowest BCUT2D eigenvalue weighted by molar-refractivity contribution is -0.133. The number of H-pyrrole nitrogens is 1. The zero-order valence-corrected chi connectivity index (χ0v) is 15.6. The molecule has 1 fully saturated rings. The molecule has 3 aromatic rings. The van der Waals surface area contributed by atoms with E-state index in [1.807, 2.05) is 37.3 Å². The minimum Gasteiger partial charge on any atom is -0.465 e. The molecule has 1 N–H and O–H groups in total. The smallest absolute Gasteiger partial charge is 0.306 e. The van der Waals surface area contributed by atoms with Crippen molar-refractivity contribution < 1.29 is 14.3 Å². The van der Waals surface area contributed by atoms with Crippen molar-refractivity contribution in [2.24, 2.45) is 0 Å².